The van der Waals surface area contributed by atoms with Crippen LogP contribution in [0.15, 0.2) is 42.5 Å². The Balaban J connectivity index is 2.22. The van der Waals surface area contributed by atoms with E-state index >= 15 is 0 Å². The Bertz CT molecular complexity index is 688. The molecule has 0 atom stereocenters. The molecule has 0 fully saturated rings. The number of nitrogens with one attached hydrogen (secondary N) is 1. The third-order valence-electron chi connectivity index (χ3n) is 2.55. The van der Waals surface area contributed by atoms with E-state index < -0.39 is 17.7 Å². The zero-order valence-electron chi connectivity index (χ0n) is 10.1. The molecule has 6 heteroatoms. The summed E-state index contributed by atoms with van der Waals surface area (Å²) in [5.74, 6) is -2.59. The molecule has 2 aromatic carbocycles. The summed E-state index contributed by atoms with van der Waals surface area (Å²) in [4.78, 5) is 22.6. The lowest BCUT2D eigenvalue weighted by Gasteiger charge is -2.07. The Morgan fingerprint density at radius 2 is 1.85 bits per heavy atom. The first-order chi connectivity index (χ1) is 9.47. The van der Waals surface area contributed by atoms with Gasteiger partial charge in [0.1, 0.15) is 5.82 Å². The van der Waals surface area contributed by atoms with Gasteiger partial charge in [0.15, 0.2) is 0 Å². The molecule has 2 rings (SSSR count). The van der Waals surface area contributed by atoms with Crippen LogP contribution in [0.25, 0.3) is 0 Å². The van der Waals surface area contributed by atoms with Crippen molar-refractivity contribution in [2.75, 3.05) is 5.32 Å². The molecule has 0 radical (unpaired) electrons. The van der Waals surface area contributed by atoms with E-state index in [4.69, 9.17) is 16.7 Å². The minimum Gasteiger partial charge on any atom is -0.478 e. The number of benzene rings is 2. The molecular weight excluding hydrogens is 285 g/mol. The molecule has 0 aliphatic heterocycles. The molecule has 2 N–H and O–H groups in total. The van der Waals surface area contributed by atoms with Gasteiger partial charge in [-0.1, -0.05) is 17.7 Å². The number of carboxylic acid groups (broad SMARTS) is 1. The SMILES string of the molecule is O=C(O)c1ccc(NC(=O)c2cccc(Cl)c2)c(F)c1. The molecule has 4 nitrogen and oxygen atoms in total. The van der Waals surface area contributed by atoms with Crippen molar-refractivity contribution in [3.05, 3.63) is 64.4 Å². The minimum atomic E-state index is -1.24. The molecule has 20 heavy (non-hydrogen) atoms. The maximum Gasteiger partial charge on any atom is 0.335 e. The Morgan fingerprint density at radius 1 is 1.10 bits per heavy atom. The number of aromatic carboxylic acids is 1. The van der Waals surface area contributed by atoms with E-state index in [0.29, 0.717) is 5.02 Å². The van der Waals surface area contributed by atoms with Gasteiger partial charge in [0.05, 0.1) is 11.3 Å². The van der Waals surface area contributed by atoms with E-state index in [0.717, 1.165) is 6.07 Å². The van der Waals surface area contributed by atoms with E-state index in [1.165, 1.54) is 24.3 Å². The van der Waals surface area contributed by atoms with Crippen molar-refractivity contribution >= 4 is 29.2 Å². The number of carbonyl (C=O) groups excluding carboxylic acids is 1. The van der Waals surface area contributed by atoms with Crippen molar-refractivity contribution < 1.29 is 19.1 Å². The van der Waals surface area contributed by atoms with Crippen molar-refractivity contribution in [2.24, 2.45) is 0 Å². The van der Waals surface area contributed by atoms with Gasteiger partial charge in [-0.2, -0.15) is 0 Å². The van der Waals surface area contributed by atoms with Gasteiger partial charge in [0.25, 0.3) is 5.91 Å². The minimum absolute atomic E-state index is 0.0972. The number of rotatable bonds is 3. The fourth-order valence-corrected chi connectivity index (χ4v) is 1.76. The first kappa shape index (κ1) is 14.0. The average Bonchev–Trinajstić information content (AvgIpc) is 2.40. The molecule has 1 amide bonds. The van der Waals surface area contributed by atoms with Gasteiger partial charge in [-0.3, -0.25) is 4.79 Å². The summed E-state index contributed by atoms with van der Waals surface area (Å²) in [5.41, 5.74) is -0.0116. The first-order valence-electron chi connectivity index (χ1n) is 5.57. The third kappa shape index (κ3) is 3.13. The van der Waals surface area contributed by atoms with Crippen LogP contribution in [-0.4, -0.2) is 17.0 Å². The molecule has 0 bridgehead atoms. The second-order valence-corrected chi connectivity index (χ2v) is 4.40. The van der Waals surface area contributed by atoms with Crippen LogP contribution in [0, 0.1) is 5.82 Å². The smallest absolute Gasteiger partial charge is 0.335 e. The molecule has 102 valence electrons. The van der Waals surface area contributed by atoms with Crippen molar-refractivity contribution in [3.63, 3.8) is 0 Å². The van der Waals surface area contributed by atoms with E-state index in [9.17, 15) is 14.0 Å². The molecule has 0 aromatic heterocycles. The average molecular weight is 294 g/mol. The van der Waals surface area contributed by atoms with E-state index in [2.05, 4.69) is 5.32 Å². The van der Waals surface area contributed by atoms with Gasteiger partial charge in [-0.25, -0.2) is 9.18 Å². The maximum atomic E-state index is 13.7. The Labute approximate surface area is 118 Å². The van der Waals surface area contributed by atoms with Gasteiger partial charge in [0, 0.05) is 10.6 Å². The monoisotopic (exact) mass is 293 g/mol. The lowest BCUT2D eigenvalue weighted by molar-refractivity contribution is 0.0696. The van der Waals surface area contributed by atoms with Gasteiger partial charge < -0.3 is 10.4 Å². The second kappa shape index (κ2) is 5.71. The Morgan fingerprint density at radius 3 is 2.45 bits per heavy atom. The lowest BCUT2D eigenvalue weighted by Crippen LogP contribution is -2.13. The highest BCUT2D eigenvalue weighted by molar-refractivity contribution is 6.31. The first-order valence-corrected chi connectivity index (χ1v) is 5.95. The summed E-state index contributed by atoms with van der Waals surface area (Å²) in [6.07, 6.45) is 0. The van der Waals surface area contributed by atoms with Crippen LogP contribution in [0.1, 0.15) is 20.7 Å². The standard InChI is InChI=1S/C14H9ClFNO3/c15-10-3-1-2-8(6-10)13(18)17-12-5-4-9(14(19)20)7-11(12)16/h1-7H,(H,17,18)(H,19,20). The topological polar surface area (TPSA) is 66.4 Å². The summed E-state index contributed by atoms with van der Waals surface area (Å²) in [6.45, 7) is 0. The van der Waals surface area contributed by atoms with Crippen molar-refractivity contribution in [1.82, 2.24) is 0 Å². The van der Waals surface area contributed by atoms with Crippen LogP contribution >= 0.6 is 11.6 Å². The normalized spacial score (nSPS) is 10.1. The summed E-state index contributed by atoms with van der Waals surface area (Å²) in [6, 6.07) is 9.43. The number of hydrogen-bond donors (Lipinski definition) is 2. The molecule has 0 aliphatic carbocycles. The maximum absolute atomic E-state index is 13.7. The van der Waals surface area contributed by atoms with Crippen molar-refractivity contribution in [3.8, 4) is 0 Å². The van der Waals surface area contributed by atoms with E-state index in [1.807, 2.05) is 0 Å². The van der Waals surface area contributed by atoms with Crippen LogP contribution in [-0.2, 0) is 0 Å². The molecule has 2 aromatic rings. The number of carbonyl (C=O) groups is 2. The predicted octanol–water partition coefficient (Wildman–Crippen LogP) is 3.43. The van der Waals surface area contributed by atoms with Crippen LogP contribution < -0.4 is 5.32 Å². The zero-order chi connectivity index (χ0) is 14.7. The highest BCUT2D eigenvalue weighted by Gasteiger charge is 2.12. The summed E-state index contributed by atoms with van der Waals surface area (Å²) in [7, 11) is 0. The zero-order valence-corrected chi connectivity index (χ0v) is 10.8. The van der Waals surface area contributed by atoms with Gasteiger partial charge in [-0.15, -0.1) is 0 Å². The molecule has 0 heterocycles. The third-order valence-corrected chi connectivity index (χ3v) is 2.79. The fraction of sp³-hybridized carbons (Fsp3) is 0. The van der Waals surface area contributed by atoms with E-state index in [1.54, 1.807) is 12.1 Å². The highest BCUT2D eigenvalue weighted by Crippen LogP contribution is 2.18. The van der Waals surface area contributed by atoms with Gasteiger partial charge in [0.2, 0.25) is 0 Å². The summed E-state index contributed by atoms with van der Waals surface area (Å²) in [5, 5.41) is 11.5. The second-order valence-electron chi connectivity index (χ2n) is 3.96. The van der Waals surface area contributed by atoms with Gasteiger partial charge >= 0.3 is 5.97 Å². The lowest BCUT2D eigenvalue weighted by atomic mass is 10.1. The van der Waals surface area contributed by atoms with Crippen molar-refractivity contribution in [1.29, 1.82) is 0 Å². The molecule has 0 unspecified atom stereocenters. The molecule has 0 aliphatic rings. The quantitative estimate of drug-likeness (QED) is 0.911. The van der Waals surface area contributed by atoms with Crippen molar-refractivity contribution in [2.45, 2.75) is 0 Å². The van der Waals surface area contributed by atoms with Crippen LogP contribution in [0.2, 0.25) is 5.02 Å². The number of anilines is 1. The number of amides is 1. The van der Waals surface area contributed by atoms with Crippen LogP contribution in [0.4, 0.5) is 10.1 Å². The number of carboxylic acids is 1. The molecular formula is C14H9ClFNO3. The van der Waals surface area contributed by atoms with Crippen LogP contribution in [0.3, 0.4) is 0 Å². The highest BCUT2D eigenvalue weighted by atomic mass is 35.5. The predicted molar refractivity (Wildman–Crippen MR) is 72.8 cm³/mol. The number of hydrogen-bond acceptors (Lipinski definition) is 2. The van der Waals surface area contributed by atoms with Gasteiger partial charge in [-0.05, 0) is 36.4 Å². The summed E-state index contributed by atoms with van der Waals surface area (Å²) < 4.78 is 13.7. The van der Waals surface area contributed by atoms with Crippen LogP contribution in [0.5, 0.6) is 0 Å². The van der Waals surface area contributed by atoms with E-state index in [-0.39, 0.29) is 16.8 Å². The fourth-order valence-electron chi connectivity index (χ4n) is 1.57. The molecule has 0 saturated heterocycles. The Kier molecular flexibility index (Phi) is 4.00. The molecule has 0 spiro atoms. The summed E-state index contributed by atoms with van der Waals surface area (Å²) >= 11 is 5.76. The largest absolute Gasteiger partial charge is 0.478 e. The number of halogens is 2. The Hall–Kier alpha value is -2.40. The molecule has 0 saturated carbocycles.